The zero-order chi connectivity index (χ0) is 30.3. The summed E-state index contributed by atoms with van der Waals surface area (Å²) in [6.07, 6.45) is 7.61. The van der Waals surface area contributed by atoms with Gasteiger partial charge in [0, 0.05) is 25.7 Å². The van der Waals surface area contributed by atoms with E-state index >= 15 is 0 Å². The van der Waals surface area contributed by atoms with Crippen LogP contribution in [0, 0.1) is 23.1 Å². The highest BCUT2D eigenvalue weighted by Gasteiger charge is 2.30. The molecule has 218 valence electrons. The van der Waals surface area contributed by atoms with Crippen LogP contribution in [0.25, 0.3) is 5.70 Å². The Morgan fingerprint density at radius 3 is 2.26 bits per heavy atom. The summed E-state index contributed by atoms with van der Waals surface area (Å²) in [6.45, 7) is 19.0. The molecule has 0 spiro atoms. The summed E-state index contributed by atoms with van der Waals surface area (Å²) in [6, 6.07) is 6.13. The van der Waals surface area contributed by atoms with Gasteiger partial charge in [-0.15, -0.1) is 6.58 Å². The van der Waals surface area contributed by atoms with Crippen molar-refractivity contribution in [2.75, 3.05) is 14.1 Å². The van der Waals surface area contributed by atoms with E-state index < -0.39 is 11.4 Å². The minimum atomic E-state index is -0.553. The van der Waals surface area contributed by atoms with E-state index in [1.807, 2.05) is 34.7 Å². The molecule has 1 aliphatic rings. The number of likely N-dealkylation sites (N-methyl/N-ethyl adjacent to an activating group) is 1. The zero-order valence-electron chi connectivity index (χ0n) is 25.6. The number of amides is 1. The van der Waals surface area contributed by atoms with Gasteiger partial charge in [-0.2, -0.15) is 5.26 Å². The van der Waals surface area contributed by atoms with E-state index in [4.69, 9.17) is 10.00 Å². The van der Waals surface area contributed by atoms with Gasteiger partial charge >= 0.3 is 6.09 Å². The van der Waals surface area contributed by atoms with Gasteiger partial charge < -0.3 is 15.1 Å². The highest BCUT2D eigenvalue weighted by molar-refractivity contribution is 5.87. The number of hydrazine groups is 1. The first-order valence-corrected chi connectivity index (χ1v) is 13.6. The molecule has 1 amide bonds. The van der Waals surface area contributed by atoms with Crippen molar-refractivity contribution in [3.05, 3.63) is 53.9 Å². The van der Waals surface area contributed by atoms with E-state index in [2.05, 4.69) is 32.7 Å². The molecule has 1 heterocycles. The van der Waals surface area contributed by atoms with E-state index in [-0.39, 0.29) is 29.5 Å². The van der Waals surface area contributed by atoms with Crippen LogP contribution in [0.4, 0.5) is 9.18 Å². The molecule has 8 heteroatoms. The summed E-state index contributed by atoms with van der Waals surface area (Å²) in [7, 11) is 3.61. The van der Waals surface area contributed by atoms with Crippen molar-refractivity contribution < 1.29 is 18.7 Å². The van der Waals surface area contributed by atoms with Gasteiger partial charge in [0.25, 0.3) is 0 Å². The molecule has 1 N–H and O–H groups in total. The standard InChI is InChI=1S/C14H14FN3O.C14H29NO2.C3H6/c1-9(19)13-7-14(18(3)17(13)2)10-4-5-11(8-16)12(15)6-10;1-7-12(10-8-9-11(2)3)15-13(16)17-14(4,5)6;1-3-2/h4-7,13H,1-3H3;11-12H,7-10H2,1-6H3,(H,15,16);3H,1H2,2H3. The summed E-state index contributed by atoms with van der Waals surface area (Å²) in [5, 5.41) is 15.2. The highest BCUT2D eigenvalue weighted by atomic mass is 19.1. The average molecular weight is 545 g/mol. The number of Topliss-reactive ketones (excluding diaryl/α,β-unsaturated/α-hetero) is 1. The number of hydrogen-bond donors (Lipinski definition) is 1. The van der Waals surface area contributed by atoms with Crippen LogP contribution in [-0.2, 0) is 9.53 Å². The van der Waals surface area contributed by atoms with Gasteiger partial charge in [-0.3, -0.25) is 4.79 Å². The van der Waals surface area contributed by atoms with Crippen molar-refractivity contribution in [2.24, 2.45) is 5.92 Å². The second-order valence-electron chi connectivity index (χ2n) is 11.0. The maximum Gasteiger partial charge on any atom is 0.407 e. The fourth-order valence-corrected chi connectivity index (χ4v) is 3.78. The largest absolute Gasteiger partial charge is 0.444 e. The van der Waals surface area contributed by atoms with Crippen molar-refractivity contribution >= 4 is 17.6 Å². The number of benzene rings is 1. The Labute approximate surface area is 235 Å². The van der Waals surface area contributed by atoms with E-state index in [0.29, 0.717) is 5.56 Å². The lowest BCUT2D eigenvalue weighted by Gasteiger charge is -2.28. The van der Waals surface area contributed by atoms with E-state index in [9.17, 15) is 14.0 Å². The molecule has 0 aromatic heterocycles. The fraction of sp³-hybridized carbons (Fsp3) is 0.581. The average Bonchev–Trinajstić information content (AvgIpc) is 3.12. The third-order valence-corrected chi connectivity index (χ3v) is 5.89. The normalized spacial score (nSPS) is 15.6. The minimum Gasteiger partial charge on any atom is -0.444 e. The molecule has 7 nitrogen and oxygen atoms in total. The van der Waals surface area contributed by atoms with Gasteiger partial charge in [0.05, 0.1) is 11.3 Å². The molecule has 2 atom stereocenters. The minimum absolute atomic E-state index is 0.0153. The van der Waals surface area contributed by atoms with Gasteiger partial charge in [0.15, 0.2) is 5.78 Å². The summed E-state index contributed by atoms with van der Waals surface area (Å²) in [4.78, 5) is 23.1. The van der Waals surface area contributed by atoms with Crippen molar-refractivity contribution in [3.8, 4) is 6.07 Å². The number of rotatable bonds is 8. The zero-order valence-corrected chi connectivity index (χ0v) is 25.6. The van der Waals surface area contributed by atoms with Crippen LogP contribution in [-0.4, -0.2) is 53.7 Å². The first-order chi connectivity index (χ1) is 18.1. The topological polar surface area (TPSA) is 85.7 Å². The lowest BCUT2D eigenvalue weighted by molar-refractivity contribution is -0.122. The lowest BCUT2D eigenvalue weighted by Crippen LogP contribution is -2.39. The number of nitriles is 1. The summed E-state index contributed by atoms with van der Waals surface area (Å²) in [5.41, 5.74) is 1.00. The predicted octanol–water partition coefficient (Wildman–Crippen LogP) is 7.10. The lowest BCUT2D eigenvalue weighted by atomic mass is 10.0. The smallest absolute Gasteiger partial charge is 0.407 e. The van der Waals surface area contributed by atoms with Crippen LogP contribution >= 0.6 is 0 Å². The van der Waals surface area contributed by atoms with Gasteiger partial charge in [-0.1, -0.05) is 45.8 Å². The molecular weight excluding hydrogens is 495 g/mol. The van der Waals surface area contributed by atoms with E-state index in [1.54, 1.807) is 41.4 Å². The number of carbonyl (C=O) groups is 2. The van der Waals surface area contributed by atoms with Crippen LogP contribution in [0.1, 0.15) is 92.2 Å². The fourth-order valence-electron chi connectivity index (χ4n) is 3.78. The number of ketones is 1. The molecule has 2 rings (SSSR count). The SMILES string of the molecule is C=CC.CC(=O)C1C=C(c2ccc(C#N)c(F)c2)N(C)N1C.CCC(CCCC(C)C)NC(=O)OC(C)(C)C. The number of alkyl carbamates (subject to hydrolysis) is 1. The molecule has 0 bridgehead atoms. The van der Waals surface area contributed by atoms with Gasteiger partial charge in [0.2, 0.25) is 0 Å². The molecule has 0 radical (unpaired) electrons. The van der Waals surface area contributed by atoms with Crippen LogP contribution < -0.4 is 5.32 Å². The molecule has 1 aromatic rings. The second-order valence-corrected chi connectivity index (χ2v) is 11.0. The number of hydrogen-bond acceptors (Lipinski definition) is 6. The predicted molar refractivity (Wildman–Crippen MR) is 157 cm³/mol. The number of nitrogens with one attached hydrogen (secondary N) is 1. The molecule has 2 unspecified atom stereocenters. The Hall–Kier alpha value is -3.18. The van der Waals surface area contributed by atoms with Crippen LogP contribution in [0.15, 0.2) is 36.9 Å². The molecule has 39 heavy (non-hydrogen) atoms. The number of carbonyl (C=O) groups excluding carboxylic acids is 2. The van der Waals surface area contributed by atoms with Crippen LogP contribution in [0.5, 0.6) is 0 Å². The third-order valence-electron chi connectivity index (χ3n) is 5.89. The third kappa shape index (κ3) is 13.4. The van der Waals surface area contributed by atoms with Crippen LogP contribution in [0.2, 0.25) is 0 Å². The molecule has 0 aliphatic carbocycles. The maximum absolute atomic E-state index is 13.6. The molecule has 0 saturated heterocycles. The van der Waals surface area contributed by atoms with Crippen molar-refractivity contribution in [1.82, 2.24) is 15.3 Å². The summed E-state index contributed by atoms with van der Waals surface area (Å²) >= 11 is 0. The Bertz CT molecular complexity index is 1010. The Kier molecular flexibility index (Phi) is 16.0. The first kappa shape index (κ1) is 35.8. The van der Waals surface area contributed by atoms with Gasteiger partial charge in [0.1, 0.15) is 23.5 Å². The van der Waals surface area contributed by atoms with Gasteiger partial charge in [-0.05, 0) is 71.6 Å². The maximum atomic E-state index is 13.6. The van der Waals surface area contributed by atoms with E-state index in [1.165, 1.54) is 25.5 Å². The number of nitrogens with zero attached hydrogens (tertiary/aromatic N) is 3. The molecule has 0 fully saturated rings. The monoisotopic (exact) mass is 544 g/mol. The van der Waals surface area contributed by atoms with E-state index in [0.717, 1.165) is 30.9 Å². The Morgan fingerprint density at radius 1 is 1.26 bits per heavy atom. The number of halogens is 1. The molecular formula is C31H49FN4O3. The second kappa shape index (κ2) is 17.4. The highest BCUT2D eigenvalue weighted by Crippen LogP contribution is 2.29. The molecule has 1 aliphatic heterocycles. The number of ether oxygens (including phenoxy) is 1. The van der Waals surface area contributed by atoms with Crippen molar-refractivity contribution in [2.45, 2.75) is 98.8 Å². The van der Waals surface area contributed by atoms with Crippen molar-refractivity contribution in [1.29, 1.82) is 5.26 Å². The summed E-state index contributed by atoms with van der Waals surface area (Å²) in [5.74, 6) is 0.204. The Morgan fingerprint density at radius 2 is 1.85 bits per heavy atom. The Balaban J connectivity index is 0.000000677. The number of allylic oxidation sites excluding steroid dienone is 1. The molecule has 1 aromatic carbocycles. The molecule has 0 saturated carbocycles. The first-order valence-electron chi connectivity index (χ1n) is 13.6. The van der Waals surface area contributed by atoms with Crippen molar-refractivity contribution in [3.63, 3.8) is 0 Å². The summed E-state index contributed by atoms with van der Waals surface area (Å²) < 4.78 is 18.9. The quantitative estimate of drug-likeness (QED) is 0.352. The van der Waals surface area contributed by atoms with Crippen LogP contribution in [0.3, 0.4) is 0 Å². The van der Waals surface area contributed by atoms with Gasteiger partial charge in [-0.25, -0.2) is 14.2 Å².